The van der Waals surface area contributed by atoms with Crippen LogP contribution in [-0.2, 0) is 9.59 Å². The molecule has 0 radical (unpaired) electrons. The van der Waals surface area contributed by atoms with Crippen LogP contribution in [-0.4, -0.2) is 32.1 Å². The van der Waals surface area contributed by atoms with Crippen molar-refractivity contribution in [2.24, 2.45) is 0 Å². The molecule has 24 heavy (non-hydrogen) atoms. The number of rotatable bonds is 7. The van der Waals surface area contributed by atoms with Gasteiger partial charge in [-0.15, -0.1) is 0 Å². The molecule has 0 unspecified atom stereocenters. The van der Waals surface area contributed by atoms with E-state index in [0.717, 1.165) is 3.57 Å². The highest BCUT2D eigenvalue weighted by Gasteiger charge is 2.06. The molecule has 0 atom stereocenters. The normalized spacial score (nSPS) is 9.92. The van der Waals surface area contributed by atoms with Gasteiger partial charge in [-0.3, -0.25) is 9.59 Å². The van der Waals surface area contributed by atoms with Gasteiger partial charge in [0.05, 0.1) is 0 Å². The summed E-state index contributed by atoms with van der Waals surface area (Å²) in [5.41, 5.74) is 0.570. The number of carbonyl (C=O) groups excluding carboxylic acids is 2. The summed E-state index contributed by atoms with van der Waals surface area (Å²) >= 11 is 2.20. The van der Waals surface area contributed by atoms with Crippen LogP contribution in [0.1, 0.15) is 0 Å². The molecule has 2 amide bonds. The molecule has 0 saturated carbocycles. The van der Waals surface area contributed by atoms with Gasteiger partial charge in [0, 0.05) is 22.4 Å². The van der Waals surface area contributed by atoms with Crippen molar-refractivity contribution in [2.45, 2.75) is 0 Å². The maximum atomic E-state index is 11.9. The zero-order valence-corrected chi connectivity index (χ0v) is 15.2. The number of amides is 2. The second-order valence-electron chi connectivity index (χ2n) is 4.78. The summed E-state index contributed by atoms with van der Waals surface area (Å²) in [4.78, 5) is 23.1. The van der Waals surface area contributed by atoms with Gasteiger partial charge in [0.15, 0.2) is 13.2 Å². The number of carbonyl (C=O) groups is 2. The molecular weight excluding hydrogens is 423 g/mol. The van der Waals surface area contributed by atoms with Gasteiger partial charge in [0.2, 0.25) is 0 Å². The summed E-state index contributed by atoms with van der Waals surface area (Å²) < 4.78 is 11.8. The molecule has 0 aliphatic heterocycles. The Bertz CT molecular complexity index is 704. The number of hydrogen-bond donors (Lipinski definition) is 2. The minimum Gasteiger partial charge on any atom is -0.484 e. The Hall–Kier alpha value is -2.29. The van der Waals surface area contributed by atoms with Crippen LogP contribution in [0.25, 0.3) is 0 Å². The zero-order valence-electron chi connectivity index (χ0n) is 13.0. The summed E-state index contributed by atoms with van der Waals surface area (Å²) in [5, 5.41) is 5.19. The van der Waals surface area contributed by atoms with Crippen LogP contribution >= 0.6 is 22.6 Å². The smallest absolute Gasteiger partial charge is 0.262 e. The molecule has 2 aromatic carbocycles. The van der Waals surface area contributed by atoms with Gasteiger partial charge in [-0.1, -0.05) is 6.07 Å². The molecule has 0 aliphatic carbocycles. The third kappa shape index (κ3) is 6.07. The van der Waals surface area contributed by atoms with E-state index in [2.05, 4.69) is 33.2 Å². The fraction of sp³-hybridized carbons (Fsp3) is 0.176. The number of nitrogens with one attached hydrogen (secondary N) is 2. The number of anilines is 1. The van der Waals surface area contributed by atoms with Crippen molar-refractivity contribution in [1.82, 2.24) is 5.32 Å². The van der Waals surface area contributed by atoms with Gasteiger partial charge in [-0.2, -0.15) is 0 Å². The van der Waals surface area contributed by atoms with Crippen molar-refractivity contribution in [1.29, 1.82) is 0 Å². The van der Waals surface area contributed by atoms with Crippen LogP contribution in [0, 0.1) is 3.57 Å². The molecule has 0 spiro atoms. The fourth-order valence-electron chi connectivity index (χ4n) is 1.76. The topological polar surface area (TPSA) is 76.7 Å². The van der Waals surface area contributed by atoms with E-state index in [1.807, 2.05) is 24.3 Å². The van der Waals surface area contributed by atoms with E-state index in [1.165, 1.54) is 7.05 Å². The SMILES string of the molecule is CNC(=O)COc1cccc(NC(=O)COc2ccc(I)cc2)c1. The van der Waals surface area contributed by atoms with E-state index in [4.69, 9.17) is 9.47 Å². The second kappa shape index (κ2) is 9.11. The molecule has 0 saturated heterocycles. The number of hydrogen-bond acceptors (Lipinski definition) is 4. The van der Waals surface area contributed by atoms with E-state index >= 15 is 0 Å². The molecule has 0 fully saturated rings. The maximum Gasteiger partial charge on any atom is 0.262 e. The highest BCUT2D eigenvalue weighted by molar-refractivity contribution is 14.1. The molecule has 0 bridgehead atoms. The summed E-state index contributed by atoms with van der Waals surface area (Å²) in [6.45, 7) is -0.173. The monoisotopic (exact) mass is 440 g/mol. The Kier molecular flexibility index (Phi) is 6.86. The van der Waals surface area contributed by atoms with Gasteiger partial charge in [0.25, 0.3) is 11.8 Å². The molecule has 2 aromatic rings. The first-order valence-electron chi connectivity index (χ1n) is 7.18. The number of ether oxygens (including phenoxy) is 2. The van der Waals surface area contributed by atoms with Crippen LogP contribution in [0.3, 0.4) is 0 Å². The van der Waals surface area contributed by atoms with Crippen LogP contribution in [0.15, 0.2) is 48.5 Å². The Morgan fingerprint density at radius 3 is 2.33 bits per heavy atom. The molecule has 7 heteroatoms. The van der Waals surface area contributed by atoms with Gasteiger partial charge >= 0.3 is 0 Å². The molecule has 0 heterocycles. The van der Waals surface area contributed by atoms with Gasteiger partial charge in [0.1, 0.15) is 11.5 Å². The molecule has 2 rings (SSSR count). The molecule has 2 N–H and O–H groups in total. The lowest BCUT2D eigenvalue weighted by Crippen LogP contribution is -2.24. The lowest BCUT2D eigenvalue weighted by molar-refractivity contribution is -0.122. The quantitative estimate of drug-likeness (QED) is 0.649. The number of halogens is 1. The third-order valence-corrected chi connectivity index (χ3v) is 3.67. The van der Waals surface area contributed by atoms with Gasteiger partial charge in [-0.05, 0) is 59.0 Å². The minimum absolute atomic E-state index is 0.0795. The van der Waals surface area contributed by atoms with Crippen molar-refractivity contribution in [3.05, 3.63) is 52.1 Å². The van der Waals surface area contributed by atoms with Gasteiger partial charge in [-0.25, -0.2) is 0 Å². The zero-order chi connectivity index (χ0) is 17.4. The van der Waals surface area contributed by atoms with Gasteiger partial charge < -0.3 is 20.1 Å². The van der Waals surface area contributed by atoms with Crippen molar-refractivity contribution < 1.29 is 19.1 Å². The first-order valence-corrected chi connectivity index (χ1v) is 8.26. The lowest BCUT2D eigenvalue weighted by Gasteiger charge is -2.09. The Labute approximate surface area is 153 Å². The maximum absolute atomic E-state index is 11.9. The standard InChI is InChI=1S/C17H17IN2O4/c1-19-16(21)10-24-15-4-2-3-13(9-15)20-17(22)11-23-14-7-5-12(18)6-8-14/h2-9H,10-11H2,1H3,(H,19,21)(H,20,22). The van der Waals surface area contributed by atoms with E-state index in [0.29, 0.717) is 17.2 Å². The fourth-order valence-corrected chi connectivity index (χ4v) is 2.12. The van der Waals surface area contributed by atoms with E-state index in [9.17, 15) is 9.59 Å². The molecule has 126 valence electrons. The summed E-state index contributed by atoms with van der Waals surface area (Å²) in [6.07, 6.45) is 0. The van der Waals surface area contributed by atoms with Crippen molar-refractivity contribution in [3.63, 3.8) is 0 Å². The molecule has 0 aromatic heterocycles. The minimum atomic E-state index is -0.281. The average Bonchev–Trinajstić information content (AvgIpc) is 2.59. The van der Waals surface area contributed by atoms with Crippen LogP contribution in [0.4, 0.5) is 5.69 Å². The van der Waals surface area contributed by atoms with Crippen LogP contribution < -0.4 is 20.1 Å². The molecule has 0 aliphatic rings. The Morgan fingerprint density at radius 1 is 0.958 bits per heavy atom. The summed E-state index contributed by atoms with van der Waals surface area (Å²) in [6, 6.07) is 14.2. The average molecular weight is 440 g/mol. The van der Waals surface area contributed by atoms with E-state index in [-0.39, 0.29) is 25.0 Å². The lowest BCUT2D eigenvalue weighted by atomic mass is 10.3. The van der Waals surface area contributed by atoms with E-state index < -0.39 is 0 Å². The first-order chi connectivity index (χ1) is 11.6. The Balaban J connectivity index is 1.84. The Morgan fingerprint density at radius 2 is 1.62 bits per heavy atom. The number of likely N-dealkylation sites (N-methyl/N-ethyl adjacent to an activating group) is 1. The summed E-state index contributed by atoms with van der Waals surface area (Å²) in [5.74, 6) is 0.621. The molecular formula is C17H17IN2O4. The predicted octanol–water partition coefficient (Wildman–Crippen LogP) is 2.43. The van der Waals surface area contributed by atoms with Crippen molar-refractivity contribution in [3.8, 4) is 11.5 Å². The first kappa shape index (κ1) is 18.1. The van der Waals surface area contributed by atoms with Crippen molar-refractivity contribution in [2.75, 3.05) is 25.6 Å². The predicted molar refractivity (Wildman–Crippen MR) is 99.3 cm³/mol. The molecule has 6 nitrogen and oxygen atoms in total. The second-order valence-corrected chi connectivity index (χ2v) is 6.03. The third-order valence-electron chi connectivity index (χ3n) is 2.95. The highest BCUT2D eigenvalue weighted by atomic mass is 127. The van der Waals surface area contributed by atoms with E-state index in [1.54, 1.807) is 24.3 Å². The van der Waals surface area contributed by atoms with Crippen molar-refractivity contribution >= 4 is 40.1 Å². The van der Waals surface area contributed by atoms with Crippen LogP contribution in [0.5, 0.6) is 11.5 Å². The van der Waals surface area contributed by atoms with Crippen LogP contribution in [0.2, 0.25) is 0 Å². The summed E-state index contributed by atoms with van der Waals surface area (Å²) in [7, 11) is 1.54. The number of benzene rings is 2. The highest BCUT2D eigenvalue weighted by Crippen LogP contribution is 2.17. The largest absolute Gasteiger partial charge is 0.484 e.